The molecule has 86 valence electrons. The minimum Gasteiger partial charge on any atom is -0.383 e. The first-order valence-corrected chi connectivity index (χ1v) is 6.56. The molecule has 2 unspecified atom stereocenters. The summed E-state index contributed by atoms with van der Waals surface area (Å²) in [6.07, 6.45) is 4.12. The second kappa shape index (κ2) is 3.87. The third-order valence-corrected chi connectivity index (χ3v) is 4.12. The third kappa shape index (κ3) is 1.77. The number of halogens is 1. The van der Waals surface area contributed by atoms with Gasteiger partial charge in [0.1, 0.15) is 10.4 Å². The lowest BCUT2D eigenvalue weighted by atomic mass is 10.0. The van der Waals surface area contributed by atoms with Crippen LogP contribution in [0, 0.1) is 11.8 Å². The molecule has 1 saturated carbocycles. The van der Waals surface area contributed by atoms with Crippen molar-refractivity contribution in [3.63, 3.8) is 0 Å². The van der Waals surface area contributed by atoms with E-state index in [4.69, 9.17) is 5.73 Å². The van der Waals surface area contributed by atoms with E-state index < -0.39 is 0 Å². The second-order valence-corrected chi connectivity index (χ2v) is 5.58. The zero-order valence-corrected chi connectivity index (χ0v) is 10.7. The minimum absolute atomic E-state index is 0.536. The number of rotatable bonds is 1. The Morgan fingerprint density at radius 1 is 1.25 bits per heavy atom. The van der Waals surface area contributed by atoms with Gasteiger partial charge in [-0.25, -0.2) is 4.98 Å². The van der Waals surface area contributed by atoms with Crippen LogP contribution in [0.15, 0.2) is 10.7 Å². The number of hydrogen-bond donors (Lipinski definition) is 1. The van der Waals surface area contributed by atoms with Gasteiger partial charge in [0.05, 0.1) is 0 Å². The minimum atomic E-state index is 0.536. The predicted molar refractivity (Wildman–Crippen MR) is 67.2 cm³/mol. The van der Waals surface area contributed by atoms with Crippen LogP contribution in [0.3, 0.4) is 0 Å². The molecule has 0 aromatic carbocycles. The van der Waals surface area contributed by atoms with Crippen molar-refractivity contribution in [1.82, 2.24) is 9.97 Å². The molecular formula is C11H15BrN4. The lowest BCUT2D eigenvalue weighted by Gasteiger charge is -2.17. The third-order valence-electron chi connectivity index (χ3n) is 3.71. The van der Waals surface area contributed by atoms with Gasteiger partial charge in [-0.2, -0.15) is 4.98 Å². The van der Waals surface area contributed by atoms with Crippen LogP contribution >= 0.6 is 15.9 Å². The number of anilines is 2. The van der Waals surface area contributed by atoms with Crippen molar-refractivity contribution >= 4 is 27.7 Å². The summed E-state index contributed by atoms with van der Waals surface area (Å²) >= 11 is 3.36. The summed E-state index contributed by atoms with van der Waals surface area (Å²) in [5.74, 6) is 3.02. The quantitative estimate of drug-likeness (QED) is 0.801. The lowest BCUT2D eigenvalue weighted by molar-refractivity contribution is 0.494. The SMILES string of the molecule is Nc1cc(Br)nc(N2CC3CCCC3C2)n1. The van der Waals surface area contributed by atoms with Crippen molar-refractivity contribution in [1.29, 1.82) is 0 Å². The van der Waals surface area contributed by atoms with E-state index in [0.29, 0.717) is 5.82 Å². The fraction of sp³-hybridized carbons (Fsp3) is 0.636. The highest BCUT2D eigenvalue weighted by Crippen LogP contribution is 2.38. The van der Waals surface area contributed by atoms with Crippen LogP contribution in [0.1, 0.15) is 19.3 Å². The van der Waals surface area contributed by atoms with Gasteiger partial charge in [0, 0.05) is 19.2 Å². The first kappa shape index (κ1) is 10.3. The molecule has 0 radical (unpaired) electrons. The molecule has 1 aromatic heterocycles. The van der Waals surface area contributed by atoms with Crippen LogP contribution < -0.4 is 10.6 Å². The maximum atomic E-state index is 5.74. The van der Waals surface area contributed by atoms with Gasteiger partial charge in [-0.15, -0.1) is 0 Å². The molecule has 3 rings (SSSR count). The molecule has 1 aliphatic heterocycles. The number of aromatic nitrogens is 2. The molecule has 16 heavy (non-hydrogen) atoms. The maximum Gasteiger partial charge on any atom is 0.228 e. The van der Waals surface area contributed by atoms with Crippen molar-refractivity contribution in [3.8, 4) is 0 Å². The first-order chi connectivity index (χ1) is 7.72. The van der Waals surface area contributed by atoms with E-state index in [-0.39, 0.29) is 0 Å². The first-order valence-electron chi connectivity index (χ1n) is 5.77. The molecule has 0 amide bonds. The van der Waals surface area contributed by atoms with E-state index in [1.807, 2.05) is 0 Å². The molecule has 2 atom stereocenters. The van der Waals surface area contributed by atoms with Crippen molar-refractivity contribution < 1.29 is 0 Å². The van der Waals surface area contributed by atoms with E-state index in [0.717, 1.165) is 35.5 Å². The average Bonchev–Trinajstić information content (AvgIpc) is 2.74. The van der Waals surface area contributed by atoms with Gasteiger partial charge in [-0.05, 0) is 40.6 Å². The molecule has 0 spiro atoms. The van der Waals surface area contributed by atoms with Gasteiger partial charge in [-0.1, -0.05) is 6.42 Å². The number of fused-ring (bicyclic) bond motifs is 1. The zero-order valence-electron chi connectivity index (χ0n) is 9.06. The molecule has 1 aliphatic carbocycles. The highest BCUT2D eigenvalue weighted by molar-refractivity contribution is 9.10. The van der Waals surface area contributed by atoms with Crippen LogP contribution in [-0.2, 0) is 0 Å². The predicted octanol–water partition coefficient (Wildman–Crippen LogP) is 2.06. The molecule has 2 N–H and O–H groups in total. The van der Waals surface area contributed by atoms with Crippen LogP contribution in [0.2, 0.25) is 0 Å². The van der Waals surface area contributed by atoms with E-state index in [9.17, 15) is 0 Å². The number of nitrogen functional groups attached to an aromatic ring is 1. The molecule has 2 aliphatic rings. The Morgan fingerprint density at radius 2 is 1.94 bits per heavy atom. The van der Waals surface area contributed by atoms with Crippen molar-refractivity contribution in [2.75, 3.05) is 23.7 Å². The standard InChI is InChI=1S/C11H15BrN4/c12-9-4-10(13)15-11(14-9)16-5-7-2-1-3-8(7)6-16/h4,7-8H,1-3,5-6H2,(H2,13,14,15). The summed E-state index contributed by atoms with van der Waals surface area (Å²) < 4.78 is 0.770. The summed E-state index contributed by atoms with van der Waals surface area (Å²) in [6, 6.07) is 1.74. The maximum absolute atomic E-state index is 5.74. The summed E-state index contributed by atoms with van der Waals surface area (Å²) in [6.45, 7) is 2.20. The van der Waals surface area contributed by atoms with Crippen molar-refractivity contribution in [2.24, 2.45) is 11.8 Å². The van der Waals surface area contributed by atoms with E-state index >= 15 is 0 Å². The fourth-order valence-corrected chi connectivity index (χ4v) is 3.36. The summed E-state index contributed by atoms with van der Waals surface area (Å²) in [7, 11) is 0. The van der Waals surface area contributed by atoms with E-state index in [1.165, 1.54) is 19.3 Å². The van der Waals surface area contributed by atoms with Gasteiger partial charge < -0.3 is 10.6 Å². The molecule has 2 heterocycles. The van der Waals surface area contributed by atoms with Gasteiger partial charge in [0.25, 0.3) is 0 Å². The van der Waals surface area contributed by atoms with Crippen molar-refractivity contribution in [2.45, 2.75) is 19.3 Å². The Hall–Kier alpha value is -0.840. The number of hydrogen-bond acceptors (Lipinski definition) is 4. The Labute approximate surface area is 103 Å². The molecule has 5 heteroatoms. The summed E-state index contributed by atoms with van der Waals surface area (Å²) in [4.78, 5) is 11.0. The van der Waals surface area contributed by atoms with E-state index in [1.54, 1.807) is 6.07 Å². The fourth-order valence-electron chi connectivity index (χ4n) is 2.96. The van der Waals surface area contributed by atoms with Crippen LogP contribution in [0.25, 0.3) is 0 Å². The Kier molecular flexibility index (Phi) is 2.50. The Morgan fingerprint density at radius 3 is 2.56 bits per heavy atom. The molecule has 1 aromatic rings. The van der Waals surface area contributed by atoms with Gasteiger partial charge in [0.15, 0.2) is 0 Å². The smallest absolute Gasteiger partial charge is 0.228 e. The Balaban J connectivity index is 1.83. The average molecular weight is 283 g/mol. The van der Waals surface area contributed by atoms with Gasteiger partial charge in [0.2, 0.25) is 5.95 Å². The largest absolute Gasteiger partial charge is 0.383 e. The van der Waals surface area contributed by atoms with Crippen LogP contribution in [0.5, 0.6) is 0 Å². The summed E-state index contributed by atoms with van der Waals surface area (Å²) in [5.41, 5.74) is 5.74. The molecule has 0 bridgehead atoms. The topological polar surface area (TPSA) is 55.0 Å². The zero-order chi connectivity index (χ0) is 11.1. The monoisotopic (exact) mass is 282 g/mol. The van der Waals surface area contributed by atoms with E-state index in [2.05, 4.69) is 30.8 Å². The summed E-state index contributed by atoms with van der Waals surface area (Å²) in [5, 5.41) is 0. The molecule has 1 saturated heterocycles. The highest BCUT2D eigenvalue weighted by atomic mass is 79.9. The normalized spacial score (nSPS) is 28.4. The Bertz CT molecular complexity index is 377. The second-order valence-electron chi connectivity index (χ2n) is 4.77. The number of nitrogens with zero attached hydrogens (tertiary/aromatic N) is 3. The lowest BCUT2D eigenvalue weighted by Crippen LogP contribution is -2.23. The molecular weight excluding hydrogens is 268 g/mol. The van der Waals surface area contributed by atoms with Gasteiger partial charge >= 0.3 is 0 Å². The molecule has 4 nitrogen and oxygen atoms in total. The van der Waals surface area contributed by atoms with Crippen LogP contribution in [-0.4, -0.2) is 23.1 Å². The number of nitrogens with two attached hydrogens (primary N) is 1. The molecule has 2 fully saturated rings. The highest BCUT2D eigenvalue weighted by Gasteiger charge is 2.37. The van der Waals surface area contributed by atoms with Gasteiger partial charge in [-0.3, -0.25) is 0 Å². The van der Waals surface area contributed by atoms with Crippen LogP contribution in [0.4, 0.5) is 11.8 Å². The van der Waals surface area contributed by atoms with Crippen molar-refractivity contribution in [3.05, 3.63) is 10.7 Å².